The molecule has 0 saturated carbocycles. The number of carbonyl (C=O) groups excluding carboxylic acids is 1. The molecule has 0 unspecified atom stereocenters. The zero-order valence-electron chi connectivity index (χ0n) is 8.69. The Morgan fingerprint density at radius 2 is 2.36 bits per heavy atom. The predicted octanol–water partition coefficient (Wildman–Crippen LogP) is 0.326. The Kier molecular flexibility index (Phi) is 4.00. The number of hydrogen-bond donors (Lipinski definition) is 0. The van der Waals surface area contributed by atoms with Crippen molar-refractivity contribution in [2.24, 2.45) is 0 Å². The quantitative estimate of drug-likeness (QED) is 0.477. The van der Waals surface area contributed by atoms with Crippen molar-refractivity contribution in [3.05, 3.63) is 0 Å². The number of rotatable bonds is 5. The summed E-state index contributed by atoms with van der Waals surface area (Å²) in [6, 6.07) is 0. The molecule has 1 heterocycles. The summed E-state index contributed by atoms with van der Waals surface area (Å²) in [5, 5.41) is 0. The number of methoxy groups -OCH3 is 1. The SMILES string of the molecule is COCO[C@@H](C=O)[C@H]1COC(C)(C)O1. The van der Waals surface area contributed by atoms with Crippen molar-refractivity contribution in [2.75, 3.05) is 20.5 Å². The van der Waals surface area contributed by atoms with Gasteiger partial charge in [0.05, 0.1) is 6.61 Å². The first-order chi connectivity index (χ1) is 6.59. The Balaban J connectivity index is 2.42. The maximum absolute atomic E-state index is 10.7. The first-order valence-corrected chi connectivity index (χ1v) is 4.46. The van der Waals surface area contributed by atoms with Crippen LogP contribution in [0.1, 0.15) is 13.8 Å². The molecule has 0 bridgehead atoms. The summed E-state index contributed by atoms with van der Waals surface area (Å²) in [7, 11) is 1.50. The second-order valence-electron chi connectivity index (χ2n) is 3.54. The summed E-state index contributed by atoms with van der Waals surface area (Å²) in [5.74, 6) is -0.637. The van der Waals surface area contributed by atoms with E-state index in [4.69, 9.17) is 18.9 Å². The zero-order valence-corrected chi connectivity index (χ0v) is 8.69. The van der Waals surface area contributed by atoms with E-state index in [9.17, 15) is 4.79 Å². The zero-order chi connectivity index (χ0) is 10.6. The normalized spacial score (nSPS) is 27.5. The molecular weight excluding hydrogens is 188 g/mol. The van der Waals surface area contributed by atoms with Gasteiger partial charge in [0, 0.05) is 7.11 Å². The number of ether oxygens (including phenoxy) is 4. The molecule has 0 amide bonds. The molecule has 14 heavy (non-hydrogen) atoms. The summed E-state index contributed by atoms with van der Waals surface area (Å²) in [5.41, 5.74) is 0. The van der Waals surface area contributed by atoms with Gasteiger partial charge in [-0.05, 0) is 13.8 Å². The first-order valence-electron chi connectivity index (χ1n) is 4.46. The third-order valence-electron chi connectivity index (χ3n) is 1.91. The van der Waals surface area contributed by atoms with Crippen LogP contribution < -0.4 is 0 Å². The van der Waals surface area contributed by atoms with Crippen molar-refractivity contribution in [1.29, 1.82) is 0 Å². The van der Waals surface area contributed by atoms with Crippen LogP contribution in [0.25, 0.3) is 0 Å². The van der Waals surface area contributed by atoms with Gasteiger partial charge >= 0.3 is 0 Å². The van der Waals surface area contributed by atoms with Gasteiger partial charge in [0.25, 0.3) is 0 Å². The van der Waals surface area contributed by atoms with Crippen LogP contribution in [0.5, 0.6) is 0 Å². The highest BCUT2D eigenvalue weighted by Crippen LogP contribution is 2.24. The van der Waals surface area contributed by atoms with Crippen LogP contribution >= 0.6 is 0 Å². The van der Waals surface area contributed by atoms with E-state index in [1.54, 1.807) is 13.8 Å². The third-order valence-corrected chi connectivity index (χ3v) is 1.91. The van der Waals surface area contributed by atoms with Crippen molar-refractivity contribution in [3.63, 3.8) is 0 Å². The van der Waals surface area contributed by atoms with Gasteiger partial charge in [-0.1, -0.05) is 0 Å². The topological polar surface area (TPSA) is 54.0 Å². The predicted molar refractivity (Wildman–Crippen MR) is 47.7 cm³/mol. The average molecular weight is 204 g/mol. The summed E-state index contributed by atoms with van der Waals surface area (Å²) in [6.07, 6.45) is -0.275. The van der Waals surface area contributed by atoms with Gasteiger partial charge in [-0.15, -0.1) is 0 Å². The molecule has 5 heteroatoms. The Hall–Kier alpha value is -0.490. The molecule has 1 aliphatic heterocycles. The number of hydrogen-bond acceptors (Lipinski definition) is 5. The lowest BCUT2D eigenvalue weighted by Gasteiger charge is -2.20. The second-order valence-corrected chi connectivity index (χ2v) is 3.54. The van der Waals surface area contributed by atoms with Crippen LogP contribution in [0.15, 0.2) is 0 Å². The molecule has 0 aliphatic carbocycles. The highest BCUT2D eigenvalue weighted by molar-refractivity contribution is 5.57. The summed E-state index contributed by atoms with van der Waals surface area (Å²) in [6.45, 7) is 4.03. The van der Waals surface area contributed by atoms with E-state index >= 15 is 0 Å². The Morgan fingerprint density at radius 3 is 2.79 bits per heavy atom. The average Bonchev–Trinajstić information content (AvgIpc) is 2.48. The Bertz CT molecular complexity index is 192. The van der Waals surface area contributed by atoms with E-state index in [1.807, 2.05) is 0 Å². The minimum absolute atomic E-state index is 0.0731. The lowest BCUT2D eigenvalue weighted by molar-refractivity contribution is -0.169. The number of carbonyl (C=O) groups is 1. The second kappa shape index (κ2) is 4.84. The first kappa shape index (κ1) is 11.6. The molecule has 82 valence electrons. The van der Waals surface area contributed by atoms with Gasteiger partial charge in [-0.2, -0.15) is 0 Å². The molecule has 0 spiro atoms. The van der Waals surface area contributed by atoms with Crippen LogP contribution in [0, 0.1) is 0 Å². The highest BCUT2D eigenvalue weighted by atomic mass is 16.8. The Morgan fingerprint density at radius 1 is 1.64 bits per heavy atom. The van der Waals surface area contributed by atoms with Crippen molar-refractivity contribution < 1.29 is 23.7 Å². The van der Waals surface area contributed by atoms with Gasteiger partial charge < -0.3 is 23.7 Å². The molecular formula is C9H16O5. The van der Waals surface area contributed by atoms with E-state index in [1.165, 1.54) is 7.11 Å². The van der Waals surface area contributed by atoms with Crippen LogP contribution in [-0.2, 0) is 23.7 Å². The van der Waals surface area contributed by atoms with Crippen LogP contribution in [0.4, 0.5) is 0 Å². The van der Waals surface area contributed by atoms with E-state index in [2.05, 4.69) is 0 Å². The fraction of sp³-hybridized carbons (Fsp3) is 0.889. The number of aldehydes is 1. The van der Waals surface area contributed by atoms with Crippen LogP contribution in [-0.4, -0.2) is 44.8 Å². The maximum Gasteiger partial charge on any atom is 0.163 e. The molecule has 0 aromatic rings. The van der Waals surface area contributed by atoms with E-state index < -0.39 is 11.9 Å². The lowest BCUT2D eigenvalue weighted by atomic mass is 10.2. The molecule has 5 nitrogen and oxygen atoms in total. The van der Waals surface area contributed by atoms with Gasteiger partial charge in [0.2, 0.25) is 0 Å². The highest BCUT2D eigenvalue weighted by Gasteiger charge is 2.37. The maximum atomic E-state index is 10.7. The molecule has 2 atom stereocenters. The smallest absolute Gasteiger partial charge is 0.163 e. The van der Waals surface area contributed by atoms with E-state index in [0.29, 0.717) is 12.9 Å². The van der Waals surface area contributed by atoms with Crippen LogP contribution in [0.3, 0.4) is 0 Å². The fourth-order valence-electron chi connectivity index (χ4n) is 1.26. The molecule has 1 fully saturated rings. The van der Waals surface area contributed by atoms with Crippen molar-refractivity contribution in [2.45, 2.75) is 31.8 Å². The summed E-state index contributed by atoms with van der Waals surface area (Å²) >= 11 is 0. The van der Waals surface area contributed by atoms with Gasteiger partial charge in [0.15, 0.2) is 12.1 Å². The fourth-order valence-corrected chi connectivity index (χ4v) is 1.26. The Labute approximate surface area is 83.3 Å². The molecule has 0 aromatic heterocycles. The van der Waals surface area contributed by atoms with Crippen LogP contribution in [0.2, 0.25) is 0 Å². The summed E-state index contributed by atoms with van der Waals surface area (Å²) in [4.78, 5) is 10.7. The largest absolute Gasteiger partial charge is 0.359 e. The van der Waals surface area contributed by atoms with Crippen molar-refractivity contribution in [3.8, 4) is 0 Å². The molecule has 1 saturated heterocycles. The molecule has 1 rings (SSSR count). The van der Waals surface area contributed by atoms with Gasteiger partial charge in [-0.3, -0.25) is 0 Å². The standard InChI is InChI=1S/C9H16O5/c1-9(2)13-5-8(14-9)7(4-10)12-6-11-3/h4,7-8H,5-6H2,1-3H3/t7-,8+/m0/s1. The lowest BCUT2D eigenvalue weighted by Crippen LogP contribution is -2.34. The van der Waals surface area contributed by atoms with Gasteiger partial charge in [0.1, 0.15) is 19.0 Å². The minimum atomic E-state index is -0.637. The van der Waals surface area contributed by atoms with E-state index in [0.717, 1.165) is 0 Å². The van der Waals surface area contributed by atoms with E-state index in [-0.39, 0.29) is 12.9 Å². The van der Waals surface area contributed by atoms with Crippen molar-refractivity contribution in [1.82, 2.24) is 0 Å². The summed E-state index contributed by atoms with van der Waals surface area (Å²) < 4.78 is 20.6. The molecule has 0 radical (unpaired) electrons. The molecule has 1 aliphatic rings. The van der Waals surface area contributed by atoms with Gasteiger partial charge in [-0.25, -0.2) is 0 Å². The molecule has 0 N–H and O–H groups in total. The van der Waals surface area contributed by atoms with Crippen molar-refractivity contribution >= 4 is 6.29 Å². The third kappa shape index (κ3) is 3.02. The minimum Gasteiger partial charge on any atom is -0.359 e. The monoisotopic (exact) mass is 204 g/mol. The molecule has 0 aromatic carbocycles.